The lowest BCUT2D eigenvalue weighted by molar-refractivity contribution is -0.161. The average molecular weight is 836 g/mol. The van der Waals surface area contributed by atoms with E-state index in [0.29, 0.717) is 6.42 Å². The van der Waals surface area contributed by atoms with E-state index in [2.05, 4.69) is 74.6 Å². The molecule has 0 spiro atoms. The van der Waals surface area contributed by atoms with Crippen LogP contribution in [0.3, 0.4) is 0 Å². The molecule has 9 nitrogen and oxygen atoms in total. The number of unbranched alkanes of at least 4 members (excludes halogenated alkanes) is 20. The van der Waals surface area contributed by atoms with Crippen molar-refractivity contribution in [3.8, 4) is 0 Å². The number of hydrogen-bond donors (Lipinski definition) is 2. The monoisotopic (exact) mass is 836 g/mol. The number of nitrogens with two attached hydrogens (primary N) is 1. The summed E-state index contributed by atoms with van der Waals surface area (Å²) in [7, 11) is -4.37. The number of carbonyl (C=O) groups excluding carboxylic acids is 2. The number of carbonyl (C=O) groups is 2. The van der Waals surface area contributed by atoms with E-state index in [4.69, 9.17) is 24.3 Å². The van der Waals surface area contributed by atoms with Crippen LogP contribution in [-0.2, 0) is 32.7 Å². The van der Waals surface area contributed by atoms with Crippen molar-refractivity contribution in [1.29, 1.82) is 0 Å². The summed E-state index contributed by atoms with van der Waals surface area (Å²) in [6.45, 7) is 3.58. The van der Waals surface area contributed by atoms with Gasteiger partial charge in [0.15, 0.2) is 6.10 Å². The highest BCUT2D eigenvalue weighted by molar-refractivity contribution is 7.47. The molecule has 0 saturated heterocycles. The predicted octanol–water partition coefficient (Wildman–Crippen LogP) is 13.7. The van der Waals surface area contributed by atoms with E-state index < -0.39 is 26.5 Å². The third-order valence-electron chi connectivity index (χ3n) is 9.67. The van der Waals surface area contributed by atoms with Gasteiger partial charge in [0.05, 0.1) is 13.2 Å². The maximum Gasteiger partial charge on any atom is 0.472 e. The Labute approximate surface area is 355 Å². The molecule has 3 N–H and O–H groups in total. The van der Waals surface area contributed by atoms with Crippen molar-refractivity contribution in [3.63, 3.8) is 0 Å². The molecule has 10 heteroatoms. The fourth-order valence-electron chi connectivity index (χ4n) is 6.25. The smallest absolute Gasteiger partial charge is 0.462 e. The van der Waals surface area contributed by atoms with E-state index in [1.807, 2.05) is 0 Å². The van der Waals surface area contributed by atoms with E-state index in [9.17, 15) is 19.0 Å². The fourth-order valence-corrected chi connectivity index (χ4v) is 7.01. The lowest BCUT2D eigenvalue weighted by Crippen LogP contribution is -2.29. The first-order valence-electron chi connectivity index (χ1n) is 23.3. The fraction of sp³-hybridized carbons (Fsp3) is 0.750. The van der Waals surface area contributed by atoms with E-state index >= 15 is 0 Å². The summed E-state index contributed by atoms with van der Waals surface area (Å²) in [5, 5.41) is 0. The Hall–Kier alpha value is -2.29. The standard InChI is InChI=1S/C48H86NO8P/c1-3-5-7-9-11-13-14-15-16-17-18-19-20-21-22-23-24-25-26-27-28-29-30-31-32-33-35-37-39-41-48(51)57-46(45-56-58(52,53)55-43-42-49)44-54-47(50)40-38-36-34-12-10-8-6-4-2/h5,7,11,13,15-16,18-19,21-22,46H,3-4,6,8-10,12,14,17,20,23-45,49H2,1-2H3,(H,52,53)/b7-5-,13-11-,16-15-,19-18-,22-21-. The van der Waals surface area contributed by atoms with Crippen LogP contribution in [0.5, 0.6) is 0 Å². The van der Waals surface area contributed by atoms with Crippen molar-refractivity contribution in [2.75, 3.05) is 26.4 Å². The van der Waals surface area contributed by atoms with Gasteiger partial charge in [-0.05, 0) is 57.8 Å². The molecule has 0 aromatic rings. The number of phosphoric ester groups is 1. The minimum Gasteiger partial charge on any atom is -0.462 e. The van der Waals surface area contributed by atoms with Crippen molar-refractivity contribution in [2.24, 2.45) is 5.73 Å². The van der Waals surface area contributed by atoms with Crippen LogP contribution in [0.4, 0.5) is 0 Å². The first kappa shape index (κ1) is 55.7. The highest BCUT2D eigenvalue weighted by Gasteiger charge is 2.26. The van der Waals surface area contributed by atoms with E-state index in [1.165, 1.54) is 96.3 Å². The molecule has 2 unspecified atom stereocenters. The number of phosphoric acid groups is 1. The molecule has 0 aliphatic rings. The van der Waals surface area contributed by atoms with E-state index in [-0.39, 0.29) is 38.6 Å². The molecule has 0 aliphatic heterocycles. The van der Waals surface area contributed by atoms with Crippen LogP contribution in [0.25, 0.3) is 0 Å². The zero-order valence-corrected chi connectivity index (χ0v) is 37.9. The van der Waals surface area contributed by atoms with Crippen LogP contribution >= 0.6 is 7.82 Å². The van der Waals surface area contributed by atoms with Crippen LogP contribution in [0.2, 0.25) is 0 Å². The van der Waals surface area contributed by atoms with Gasteiger partial charge in [-0.1, -0.05) is 190 Å². The molecular weight excluding hydrogens is 750 g/mol. The third-order valence-corrected chi connectivity index (χ3v) is 10.7. The highest BCUT2D eigenvalue weighted by Crippen LogP contribution is 2.43. The number of esters is 2. The SMILES string of the molecule is CC/C=C\C/C=C\C/C=C\C/C=C\C/C=C\CCCCCCCCCCCCCCCC(=O)OC(COC(=O)CCCCCCCCCC)COP(=O)(O)OCCN. The van der Waals surface area contributed by atoms with Crippen molar-refractivity contribution in [1.82, 2.24) is 0 Å². The van der Waals surface area contributed by atoms with Crippen molar-refractivity contribution < 1.29 is 37.6 Å². The Kier molecular flexibility index (Phi) is 42.5. The minimum absolute atomic E-state index is 0.0526. The molecule has 58 heavy (non-hydrogen) atoms. The molecule has 2 atom stereocenters. The minimum atomic E-state index is -4.37. The van der Waals surface area contributed by atoms with Gasteiger partial charge in [0.25, 0.3) is 0 Å². The van der Waals surface area contributed by atoms with Crippen LogP contribution in [0.1, 0.15) is 200 Å². The molecule has 0 heterocycles. The first-order chi connectivity index (χ1) is 28.3. The molecule has 336 valence electrons. The summed E-state index contributed by atoms with van der Waals surface area (Å²) in [5.41, 5.74) is 5.34. The molecule has 0 aromatic heterocycles. The maximum atomic E-state index is 12.6. The van der Waals surface area contributed by atoms with Gasteiger partial charge in [-0.25, -0.2) is 4.57 Å². The molecule has 0 rings (SSSR count). The van der Waals surface area contributed by atoms with Gasteiger partial charge in [-0.3, -0.25) is 18.6 Å². The van der Waals surface area contributed by atoms with Gasteiger partial charge in [0, 0.05) is 19.4 Å². The zero-order valence-electron chi connectivity index (χ0n) is 37.0. The van der Waals surface area contributed by atoms with Gasteiger partial charge in [-0.2, -0.15) is 0 Å². The first-order valence-corrected chi connectivity index (χ1v) is 24.8. The lowest BCUT2D eigenvalue weighted by Gasteiger charge is -2.19. The van der Waals surface area contributed by atoms with Crippen LogP contribution < -0.4 is 5.73 Å². The average Bonchev–Trinajstić information content (AvgIpc) is 3.21. The highest BCUT2D eigenvalue weighted by atomic mass is 31.2. The maximum absolute atomic E-state index is 12.6. The van der Waals surface area contributed by atoms with Gasteiger partial charge < -0.3 is 20.1 Å². The van der Waals surface area contributed by atoms with Gasteiger partial charge in [-0.15, -0.1) is 0 Å². The van der Waals surface area contributed by atoms with Crippen molar-refractivity contribution >= 4 is 19.8 Å². The molecule has 0 aliphatic carbocycles. The Morgan fingerprint density at radius 2 is 0.948 bits per heavy atom. The molecule has 0 radical (unpaired) electrons. The second-order valence-corrected chi connectivity index (χ2v) is 16.7. The lowest BCUT2D eigenvalue weighted by atomic mass is 10.0. The molecule has 0 amide bonds. The Bertz CT molecular complexity index is 1130. The summed E-state index contributed by atoms with van der Waals surface area (Å²) < 4.78 is 32.7. The largest absolute Gasteiger partial charge is 0.472 e. The summed E-state index contributed by atoms with van der Waals surface area (Å²) >= 11 is 0. The summed E-state index contributed by atoms with van der Waals surface area (Å²) in [6, 6.07) is 0. The van der Waals surface area contributed by atoms with E-state index in [0.717, 1.165) is 70.6 Å². The Morgan fingerprint density at radius 1 is 0.534 bits per heavy atom. The Morgan fingerprint density at radius 3 is 1.41 bits per heavy atom. The molecule has 0 aromatic carbocycles. The quantitative estimate of drug-likeness (QED) is 0.0266. The molecule has 0 saturated carbocycles. The van der Waals surface area contributed by atoms with Crippen molar-refractivity contribution in [3.05, 3.63) is 60.8 Å². The predicted molar refractivity (Wildman–Crippen MR) is 243 cm³/mol. The second-order valence-electron chi connectivity index (χ2n) is 15.2. The summed E-state index contributed by atoms with van der Waals surface area (Å²) in [6.07, 6.45) is 52.8. The number of hydrogen-bond acceptors (Lipinski definition) is 8. The topological polar surface area (TPSA) is 134 Å². The van der Waals surface area contributed by atoms with Gasteiger partial charge in [0.1, 0.15) is 6.61 Å². The number of rotatable bonds is 43. The second kappa shape index (κ2) is 44.3. The van der Waals surface area contributed by atoms with Crippen LogP contribution in [-0.4, -0.2) is 49.3 Å². The van der Waals surface area contributed by atoms with Crippen LogP contribution in [0, 0.1) is 0 Å². The number of ether oxygens (including phenoxy) is 2. The van der Waals surface area contributed by atoms with Crippen molar-refractivity contribution in [2.45, 2.75) is 206 Å². The molecule has 0 fully saturated rings. The third kappa shape index (κ3) is 43.3. The van der Waals surface area contributed by atoms with E-state index in [1.54, 1.807) is 0 Å². The zero-order chi connectivity index (χ0) is 42.5. The summed E-state index contributed by atoms with van der Waals surface area (Å²) in [5.74, 6) is -0.833. The Balaban J connectivity index is 3.93. The summed E-state index contributed by atoms with van der Waals surface area (Å²) in [4.78, 5) is 34.7. The van der Waals surface area contributed by atoms with Gasteiger partial charge in [0.2, 0.25) is 0 Å². The normalized spacial score (nSPS) is 13.8. The number of allylic oxidation sites excluding steroid dienone is 10. The molecule has 0 bridgehead atoms. The van der Waals surface area contributed by atoms with Crippen LogP contribution in [0.15, 0.2) is 60.8 Å². The molecular formula is C48H86NO8P. The van der Waals surface area contributed by atoms with Gasteiger partial charge >= 0.3 is 19.8 Å².